The quantitative estimate of drug-likeness (QED) is 0.568. The van der Waals surface area contributed by atoms with Gasteiger partial charge in [0.1, 0.15) is 6.10 Å². The Hall–Kier alpha value is -2.88. The summed E-state index contributed by atoms with van der Waals surface area (Å²) in [6.07, 6.45) is 5.81. The zero-order valence-corrected chi connectivity index (χ0v) is 19.2. The molecule has 1 aliphatic carbocycles. The fourth-order valence-electron chi connectivity index (χ4n) is 4.50. The van der Waals surface area contributed by atoms with E-state index in [4.69, 9.17) is 9.47 Å². The predicted octanol–water partition coefficient (Wildman–Crippen LogP) is 3.19. The Labute approximate surface area is 188 Å². The van der Waals surface area contributed by atoms with E-state index < -0.39 is 0 Å². The predicted molar refractivity (Wildman–Crippen MR) is 123 cm³/mol. The van der Waals surface area contributed by atoms with Crippen LogP contribution < -0.4 is 10.6 Å². The number of hydrazone groups is 1. The van der Waals surface area contributed by atoms with E-state index in [1.165, 1.54) is 0 Å². The van der Waals surface area contributed by atoms with Crippen molar-refractivity contribution in [1.82, 2.24) is 20.5 Å². The number of ether oxygens (including phenoxy) is 2. The van der Waals surface area contributed by atoms with Crippen LogP contribution in [0.25, 0.3) is 0 Å². The van der Waals surface area contributed by atoms with Gasteiger partial charge >= 0.3 is 6.09 Å². The van der Waals surface area contributed by atoms with Crippen molar-refractivity contribution >= 4 is 23.8 Å². The first-order valence-electron chi connectivity index (χ1n) is 11.3. The summed E-state index contributed by atoms with van der Waals surface area (Å²) < 4.78 is 10.9. The van der Waals surface area contributed by atoms with Gasteiger partial charge in [0.25, 0.3) is 0 Å². The van der Waals surface area contributed by atoms with Crippen LogP contribution in [0.1, 0.15) is 57.6 Å². The number of nitrogens with zero attached hydrogens (tertiary/aromatic N) is 4. The first kappa shape index (κ1) is 22.3. The largest absolute Gasteiger partial charge is 0.446 e. The van der Waals surface area contributed by atoms with Gasteiger partial charge in [0, 0.05) is 44.1 Å². The molecule has 0 bridgehead atoms. The second kappa shape index (κ2) is 9.72. The van der Waals surface area contributed by atoms with Gasteiger partial charge in [-0.2, -0.15) is 10.2 Å². The number of H-pyrrole nitrogens is 1. The van der Waals surface area contributed by atoms with Gasteiger partial charge in [-0.1, -0.05) is 6.92 Å². The van der Waals surface area contributed by atoms with Crippen LogP contribution in [0.2, 0.25) is 0 Å². The molecule has 0 aromatic carbocycles. The van der Waals surface area contributed by atoms with Crippen molar-refractivity contribution in [3.8, 4) is 0 Å². The number of anilines is 1. The number of allylic oxidation sites excluding steroid dienone is 1. The van der Waals surface area contributed by atoms with Gasteiger partial charge in [-0.05, 0) is 39.0 Å². The number of aromatic amines is 1. The number of methoxy groups -OCH3 is 1. The molecule has 174 valence electrons. The summed E-state index contributed by atoms with van der Waals surface area (Å²) in [6.45, 7) is 4.51. The fraction of sp³-hybridized carbons (Fsp3) is 0.636. The lowest BCUT2D eigenvalue weighted by atomic mass is 9.95. The van der Waals surface area contributed by atoms with Crippen LogP contribution in [0.15, 0.2) is 27.7 Å². The molecule has 1 aromatic rings. The highest BCUT2D eigenvalue weighted by atomic mass is 16.6. The molecule has 0 saturated heterocycles. The van der Waals surface area contributed by atoms with E-state index in [0.717, 1.165) is 55.0 Å². The fourth-order valence-corrected chi connectivity index (χ4v) is 4.50. The number of alkyl carbamates (subject to hydrolysis) is 1. The maximum Gasteiger partial charge on any atom is 0.407 e. The lowest BCUT2D eigenvalue weighted by Crippen LogP contribution is -2.34. The molecule has 0 radical (unpaired) electrons. The minimum Gasteiger partial charge on any atom is -0.446 e. The molecular weight excluding hydrogens is 410 g/mol. The normalized spacial score (nSPS) is 25.6. The second-order valence-electron chi connectivity index (χ2n) is 8.71. The molecule has 1 fully saturated rings. The van der Waals surface area contributed by atoms with E-state index in [-0.39, 0.29) is 30.1 Å². The first-order valence-corrected chi connectivity index (χ1v) is 11.3. The van der Waals surface area contributed by atoms with Crippen LogP contribution in [-0.4, -0.2) is 66.1 Å². The van der Waals surface area contributed by atoms with E-state index in [0.29, 0.717) is 12.4 Å². The topological polar surface area (TPSA) is 116 Å². The number of amides is 1. The Morgan fingerprint density at radius 2 is 2.25 bits per heavy atom. The number of aliphatic imine (C=N–C) groups is 1. The van der Waals surface area contributed by atoms with Gasteiger partial charge in [0.2, 0.25) is 0 Å². The number of fused-ring (bicyclic) bond motifs is 1. The van der Waals surface area contributed by atoms with Crippen molar-refractivity contribution in [2.24, 2.45) is 16.0 Å². The molecule has 3 N–H and O–H groups in total. The molecule has 10 nitrogen and oxygen atoms in total. The van der Waals surface area contributed by atoms with Crippen molar-refractivity contribution in [3.05, 3.63) is 23.3 Å². The van der Waals surface area contributed by atoms with E-state index in [1.54, 1.807) is 7.11 Å². The lowest BCUT2D eigenvalue weighted by Gasteiger charge is -2.22. The van der Waals surface area contributed by atoms with Gasteiger partial charge in [-0.15, -0.1) is 0 Å². The van der Waals surface area contributed by atoms with Gasteiger partial charge in [-0.3, -0.25) is 10.1 Å². The second-order valence-corrected chi connectivity index (χ2v) is 8.71. The standard InChI is InChI=1S/C22H33N7O3/c1-5-13(2)24-22(30)32-15-7-6-14(10-15)17-11-19(27-26-17)25-21-20-16(8-9-23-21)18(12-31-4)28-29(20)3/h9,11,13-16H,5-8,10,12H2,1-4H3,(H,24,30)(H2,25,26,27). The summed E-state index contributed by atoms with van der Waals surface area (Å²) in [5, 5.41) is 20.3. The minimum atomic E-state index is -0.328. The number of nitrogens with one attached hydrogen (secondary N) is 3. The van der Waals surface area contributed by atoms with Gasteiger partial charge in [-0.25, -0.2) is 9.79 Å². The van der Waals surface area contributed by atoms with E-state index >= 15 is 0 Å². The van der Waals surface area contributed by atoms with Crippen LogP contribution >= 0.6 is 0 Å². The number of carbonyl (C=O) groups excluding carboxylic acids is 1. The molecule has 10 heteroatoms. The van der Waals surface area contributed by atoms with Crippen molar-refractivity contribution in [2.45, 2.75) is 64.0 Å². The van der Waals surface area contributed by atoms with Gasteiger partial charge < -0.3 is 20.1 Å². The lowest BCUT2D eigenvalue weighted by molar-refractivity contribution is 0.0974. The molecule has 4 atom stereocenters. The Bertz CT molecular complexity index is 922. The molecule has 0 spiro atoms. The summed E-state index contributed by atoms with van der Waals surface area (Å²) in [7, 11) is 3.61. The third-order valence-corrected chi connectivity index (χ3v) is 6.37. The highest BCUT2D eigenvalue weighted by Gasteiger charge is 2.35. The van der Waals surface area contributed by atoms with Crippen LogP contribution in [0.4, 0.5) is 10.6 Å². The zero-order valence-electron chi connectivity index (χ0n) is 19.2. The molecular formula is C22H33N7O3. The molecule has 1 amide bonds. The van der Waals surface area contributed by atoms with Crippen molar-refractivity contribution in [1.29, 1.82) is 0 Å². The molecule has 2 aliphatic heterocycles. The van der Waals surface area contributed by atoms with E-state index in [1.807, 2.05) is 38.2 Å². The number of rotatable bonds is 8. The molecule has 32 heavy (non-hydrogen) atoms. The summed E-state index contributed by atoms with van der Waals surface area (Å²) in [5.74, 6) is 1.93. The Morgan fingerprint density at radius 1 is 1.41 bits per heavy atom. The van der Waals surface area contributed by atoms with E-state index in [2.05, 4.69) is 30.9 Å². The maximum atomic E-state index is 12.0. The molecule has 1 saturated carbocycles. The Morgan fingerprint density at radius 3 is 3.03 bits per heavy atom. The Kier molecular flexibility index (Phi) is 6.78. The summed E-state index contributed by atoms with van der Waals surface area (Å²) in [6, 6.07) is 2.14. The summed E-state index contributed by atoms with van der Waals surface area (Å²) in [4.78, 5) is 16.6. The highest BCUT2D eigenvalue weighted by molar-refractivity contribution is 5.94. The van der Waals surface area contributed by atoms with Crippen molar-refractivity contribution in [2.75, 3.05) is 26.1 Å². The van der Waals surface area contributed by atoms with Crippen LogP contribution in [0, 0.1) is 5.92 Å². The number of aromatic nitrogens is 2. The molecule has 4 rings (SSSR count). The molecule has 4 unspecified atom stereocenters. The number of hydrogen-bond acceptors (Lipinski definition) is 8. The van der Waals surface area contributed by atoms with Crippen LogP contribution in [-0.2, 0) is 9.47 Å². The third-order valence-electron chi connectivity index (χ3n) is 6.37. The molecule has 3 heterocycles. The smallest absolute Gasteiger partial charge is 0.407 e. The van der Waals surface area contributed by atoms with E-state index in [9.17, 15) is 4.79 Å². The van der Waals surface area contributed by atoms with Gasteiger partial charge in [0.05, 0.1) is 23.9 Å². The average Bonchev–Trinajstić information content (AvgIpc) is 3.48. The molecule has 1 aromatic heterocycles. The number of hydrogen-bond donors (Lipinski definition) is 3. The summed E-state index contributed by atoms with van der Waals surface area (Å²) in [5.41, 5.74) is 3.08. The van der Waals surface area contributed by atoms with Crippen LogP contribution in [0.3, 0.4) is 0 Å². The number of carbonyl (C=O) groups is 1. The SMILES string of the molecule is CCC(C)NC(=O)OC1CCC(c2cc(NC3=C4C(CC=N3)C(COC)=NN4C)n[nH]2)C1. The van der Waals surface area contributed by atoms with Crippen molar-refractivity contribution in [3.63, 3.8) is 0 Å². The monoisotopic (exact) mass is 443 g/mol. The van der Waals surface area contributed by atoms with Crippen molar-refractivity contribution < 1.29 is 14.3 Å². The molecule has 3 aliphatic rings. The van der Waals surface area contributed by atoms with Gasteiger partial charge in [0.15, 0.2) is 11.6 Å². The van der Waals surface area contributed by atoms with Crippen LogP contribution in [0.5, 0.6) is 0 Å². The highest BCUT2D eigenvalue weighted by Crippen LogP contribution is 2.37. The first-order chi connectivity index (χ1) is 15.5. The summed E-state index contributed by atoms with van der Waals surface area (Å²) >= 11 is 0. The third kappa shape index (κ3) is 4.79. The zero-order chi connectivity index (χ0) is 22.7. The maximum absolute atomic E-state index is 12.0. The Balaban J connectivity index is 1.37. The minimum absolute atomic E-state index is 0.0686. The average molecular weight is 444 g/mol.